The third-order valence-corrected chi connectivity index (χ3v) is 2.86. The predicted molar refractivity (Wildman–Crippen MR) is 64.5 cm³/mol. The van der Waals surface area contributed by atoms with E-state index in [-0.39, 0.29) is 11.9 Å². The van der Waals surface area contributed by atoms with Crippen LogP contribution in [0.5, 0.6) is 0 Å². The summed E-state index contributed by atoms with van der Waals surface area (Å²) < 4.78 is 5.28. The van der Waals surface area contributed by atoms with E-state index >= 15 is 0 Å². The lowest BCUT2D eigenvalue weighted by Gasteiger charge is -2.33. The zero-order chi connectivity index (χ0) is 12.3. The number of hydrogen-bond donors (Lipinski definition) is 1. The molecule has 5 nitrogen and oxygen atoms in total. The van der Waals surface area contributed by atoms with Crippen LogP contribution >= 0.6 is 0 Å². The summed E-state index contributed by atoms with van der Waals surface area (Å²) in [5.74, 6) is 0.991. The highest BCUT2D eigenvalue weighted by Crippen LogP contribution is 2.09. The molecule has 1 unspecified atom stereocenters. The Morgan fingerprint density at radius 2 is 2.41 bits per heavy atom. The Hall–Kier alpha value is -1.33. The molecule has 0 aliphatic carbocycles. The van der Waals surface area contributed by atoms with Gasteiger partial charge in [0.25, 0.3) is 0 Å². The van der Waals surface area contributed by atoms with Crippen LogP contribution in [0.2, 0.25) is 0 Å². The van der Waals surface area contributed by atoms with Gasteiger partial charge in [0.15, 0.2) is 0 Å². The minimum atomic E-state index is -0.103. The third kappa shape index (κ3) is 3.08. The molecule has 1 aliphatic heterocycles. The van der Waals surface area contributed by atoms with Gasteiger partial charge in [-0.1, -0.05) is 0 Å². The van der Waals surface area contributed by atoms with Crippen LogP contribution in [0.4, 0.5) is 0 Å². The number of rotatable bonds is 4. The normalized spacial score (nSPS) is 21.2. The van der Waals surface area contributed by atoms with Crippen LogP contribution in [-0.4, -0.2) is 55.5 Å². The first kappa shape index (κ1) is 12.1. The Labute approximate surface area is 101 Å². The number of likely N-dealkylation sites (N-methyl/N-ethyl adjacent to an activating group) is 1. The van der Waals surface area contributed by atoms with E-state index in [2.05, 4.69) is 5.32 Å². The molecule has 1 fully saturated rings. The van der Waals surface area contributed by atoms with Gasteiger partial charge in [0.1, 0.15) is 5.76 Å². The average Bonchev–Trinajstić information content (AvgIpc) is 2.76. The molecule has 1 amide bonds. The molecule has 1 aliphatic rings. The number of amides is 1. The second-order valence-corrected chi connectivity index (χ2v) is 4.61. The molecule has 0 spiro atoms. The summed E-state index contributed by atoms with van der Waals surface area (Å²) in [7, 11) is 3.95. The molecule has 5 heteroatoms. The van der Waals surface area contributed by atoms with Gasteiger partial charge in [-0.15, -0.1) is 0 Å². The number of piperazine rings is 1. The largest absolute Gasteiger partial charge is 0.467 e. The zero-order valence-electron chi connectivity index (χ0n) is 10.3. The molecule has 1 aromatic rings. The summed E-state index contributed by atoms with van der Waals surface area (Å²) in [6.07, 6.45) is 1.64. The SMILES string of the molecule is CN(C)CC1NCCN(Cc2ccco2)C1=O. The van der Waals surface area contributed by atoms with Gasteiger partial charge < -0.3 is 19.5 Å². The molecule has 1 atom stereocenters. The van der Waals surface area contributed by atoms with Crippen LogP contribution in [0, 0.1) is 0 Å². The van der Waals surface area contributed by atoms with Crippen molar-refractivity contribution in [2.24, 2.45) is 0 Å². The second-order valence-electron chi connectivity index (χ2n) is 4.61. The summed E-state index contributed by atoms with van der Waals surface area (Å²) in [6.45, 7) is 2.87. The standard InChI is InChI=1S/C12H19N3O2/c1-14(2)9-11-12(16)15(6-5-13-11)8-10-4-3-7-17-10/h3-4,7,11,13H,5-6,8-9H2,1-2H3. The molecule has 2 rings (SSSR count). The highest BCUT2D eigenvalue weighted by Gasteiger charge is 2.28. The average molecular weight is 237 g/mol. The van der Waals surface area contributed by atoms with E-state index in [1.807, 2.05) is 36.0 Å². The monoisotopic (exact) mass is 237 g/mol. The Morgan fingerprint density at radius 3 is 3.06 bits per heavy atom. The number of nitrogens with one attached hydrogen (secondary N) is 1. The van der Waals surface area contributed by atoms with Crippen LogP contribution < -0.4 is 5.32 Å². The Kier molecular flexibility index (Phi) is 3.81. The van der Waals surface area contributed by atoms with E-state index in [0.717, 1.165) is 25.4 Å². The Bertz CT molecular complexity index is 362. The molecule has 0 radical (unpaired) electrons. The van der Waals surface area contributed by atoms with Crippen LogP contribution in [-0.2, 0) is 11.3 Å². The number of nitrogens with zero attached hydrogens (tertiary/aromatic N) is 2. The fourth-order valence-electron chi connectivity index (χ4n) is 2.05. The van der Waals surface area contributed by atoms with E-state index in [1.54, 1.807) is 6.26 Å². The van der Waals surface area contributed by atoms with Crippen molar-refractivity contribution in [1.29, 1.82) is 0 Å². The van der Waals surface area contributed by atoms with Crippen molar-refractivity contribution in [2.45, 2.75) is 12.6 Å². The maximum Gasteiger partial charge on any atom is 0.241 e. The Morgan fingerprint density at radius 1 is 1.59 bits per heavy atom. The van der Waals surface area contributed by atoms with Crippen molar-refractivity contribution < 1.29 is 9.21 Å². The molecule has 17 heavy (non-hydrogen) atoms. The smallest absolute Gasteiger partial charge is 0.241 e. The molecular weight excluding hydrogens is 218 g/mol. The maximum absolute atomic E-state index is 12.2. The second kappa shape index (κ2) is 5.33. The first-order chi connectivity index (χ1) is 8.16. The topological polar surface area (TPSA) is 48.7 Å². The first-order valence-electron chi connectivity index (χ1n) is 5.86. The molecule has 94 valence electrons. The number of carbonyl (C=O) groups excluding carboxylic acids is 1. The summed E-state index contributed by atoms with van der Waals surface area (Å²) in [6, 6.07) is 3.64. The highest BCUT2D eigenvalue weighted by molar-refractivity contribution is 5.82. The molecular formula is C12H19N3O2. The van der Waals surface area contributed by atoms with Gasteiger partial charge in [0.2, 0.25) is 5.91 Å². The third-order valence-electron chi connectivity index (χ3n) is 2.86. The lowest BCUT2D eigenvalue weighted by molar-refractivity contribution is -0.137. The van der Waals surface area contributed by atoms with E-state index in [1.165, 1.54) is 0 Å². The fraction of sp³-hybridized carbons (Fsp3) is 0.583. The lowest BCUT2D eigenvalue weighted by Crippen LogP contribution is -2.57. The van der Waals surface area contributed by atoms with E-state index in [9.17, 15) is 4.79 Å². The van der Waals surface area contributed by atoms with Crippen LogP contribution in [0.1, 0.15) is 5.76 Å². The van der Waals surface area contributed by atoms with Gasteiger partial charge in [-0.25, -0.2) is 0 Å². The van der Waals surface area contributed by atoms with Crippen molar-refractivity contribution in [2.75, 3.05) is 33.7 Å². The predicted octanol–water partition coefficient (Wildman–Crippen LogP) is 0.142. The van der Waals surface area contributed by atoms with Gasteiger partial charge in [-0.3, -0.25) is 4.79 Å². The highest BCUT2D eigenvalue weighted by atomic mass is 16.3. The van der Waals surface area contributed by atoms with Gasteiger partial charge in [0.05, 0.1) is 18.8 Å². The summed E-state index contributed by atoms with van der Waals surface area (Å²) in [4.78, 5) is 16.1. The van der Waals surface area contributed by atoms with Crippen molar-refractivity contribution in [1.82, 2.24) is 15.1 Å². The molecule has 1 saturated heterocycles. The summed E-state index contributed by atoms with van der Waals surface area (Å²) in [5.41, 5.74) is 0. The summed E-state index contributed by atoms with van der Waals surface area (Å²) in [5, 5.41) is 3.25. The first-order valence-corrected chi connectivity index (χ1v) is 5.86. The van der Waals surface area contributed by atoms with Crippen molar-refractivity contribution in [3.63, 3.8) is 0 Å². The molecule has 1 N–H and O–H groups in total. The summed E-state index contributed by atoms with van der Waals surface area (Å²) >= 11 is 0. The van der Waals surface area contributed by atoms with Crippen LogP contribution in [0.15, 0.2) is 22.8 Å². The van der Waals surface area contributed by atoms with Crippen LogP contribution in [0.25, 0.3) is 0 Å². The molecule has 0 bridgehead atoms. The van der Waals surface area contributed by atoms with Gasteiger partial charge >= 0.3 is 0 Å². The van der Waals surface area contributed by atoms with Crippen molar-refractivity contribution >= 4 is 5.91 Å². The maximum atomic E-state index is 12.2. The quantitative estimate of drug-likeness (QED) is 0.809. The van der Waals surface area contributed by atoms with Crippen molar-refractivity contribution in [3.05, 3.63) is 24.2 Å². The lowest BCUT2D eigenvalue weighted by atomic mass is 10.2. The van der Waals surface area contributed by atoms with Gasteiger partial charge in [-0.05, 0) is 26.2 Å². The van der Waals surface area contributed by atoms with Crippen LogP contribution in [0.3, 0.4) is 0 Å². The molecule has 0 aromatic carbocycles. The zero-order valence-corrected chi connectivity index (χ0v) is 10.3. The number of furan rings is 1. The van der Waals surface area contributed by atoms with E-state index in [4.69, 9.17) is 4.42 Å². The minimum Gasteiger partial charge on any atom is -0.467 e. The molecule has 1 aromatic heterocycles. The van der Waals surface area contributed by atoms with Crippen molar-refractivity contribution in [3.8, 4) is 0 Å². The van der Waals surface area contributed by atoms with Gasteiger partial charge in [-0.2, -0.15) is 0 Å². The number of carbonyl (C=O) groups is 1. The number of hydrogen-bond acceptors (Lipinski definition) is 4. The fourth-order valence-corrected chi connectivity index (χ4v) is 2.05. The van der Waals surface area contributed by atoms with E-state index in [0.29, 0.717) is 6.54 Å². The van der Waals surface area contributed by atoms with Gasteiger partial charge in [0, 0.05) is 19.6 Å². The minimum absolute atomic E-state index is 0.103. The molecule has 0 saturated carbocycles. The molecule has 2 heterocycles. The Balaban J connectivity index is 1.96. The van der Waals surface area contributed by atoms with E-state index < -0.39 is 0 Å².